The van der Waals surface area contributed by atoms with Crippen LogP contribution in [0.5, 0.6) is 17.2 Å². The lowest BCUT2D eigenvalue weighted by Gasteiger charge is -2.31. The van der Waals surface area contributed by atoms with Gasteiger partial charge in [0.25, 0.3) is 5.91 Å². The van der Waals surface area contributed by atoms with Gasteiger partial charge in [-0.15, -0.1) is 0 Å². The summed E-state index contributed by atoms with van der Waals surface area (Å²) in [5, 5.41) is 2.98. The molecule has 0 bridgehead atoms. The van der Waals surface area contributed by atoms with Gasteiger partial charge in [-0.2, -0.15) is 0 Å². The van der Waals surface area contributed by atoms with E-state index >= 15 is 0 Å². The maximum Gasteiger partial charge on any atom is 0.279 e. The second-order valence-corrected chi connectivity index (χ2v) is 8.18. The number of nitrogens with one attached hydrogen (secondary N) is 1. The molecule has 9 nitrogen and oxygen atoms in total. The second kappa shape index (κ2) is 12.4. The van der Waals surface area contributed by atoms with Gasteiger partial charge in [0.15, 0.2) is 11.5 Å². The van der Waals surface area contributed by atoms with E-state index in [-0.39, 0.29) is 18.1 Å². The summed E-state index contributed by atoms with van der Waals surface area (Å²) in [5.74, 6) is 0.611. The summed E-state index contributed by atoms with van der Waals surface area (Å²) in [6.07, 6.45) is 4.27. The first-order chi connectivity index (χ1) is 18.5. The zero-order chi connectivity index (χ0) is 26.9. The van der Waals surface area contributed by atoms with Crippen molar-refractivity contribution < 1.29 is 23.8 Å². The Labute approximate surface area is 221 Å². The van der Waals surface area contributed by atoms with Gasteiger partial charge in [0.05, 0.1) is 27.5 Å². The van der Waals surface area contributed by atoms with Gasteiger partial charge >= 0.3 is 0 Å². The predicted octanol–water partition coefficient (Wildman–Crippen LogP) is 4.21. The molecule has 1 aromatic heterocycles. The fraction of sp³-hybridized carbons (Fsp3) is 0.172. The van der Waals surface area contributed by atoms with E-state index in [4.69, 9.17) is 14.2 Å². The van der Waals surface area contributed by atoms with Gasteiger partial charge in [-0.1, -0.05) is 42.5 Å². The van der Waals surface area contributed by atoms with Crippen molar-refractivity contribution in [2.45, 2.75) is 12.6 Å². The van der Waals surface area contributed by atoms with Crippen molar-refractivity contribution in [2.24, 2.45) is 0 Å². The van der Waals surface area contributed by atoms with E-state index in [0.717, 1.165) is 5.56 Å². The van der Waals surface area contributed by atoms with Crippen LogP contribution in [-0.2, 0) is 11.3 Å². The van der Waals surface area contributed by atoms with Gasteiger partial charge in [0.1, 0.15) is 17.5 Å². The van der Waals surface area contributed by atoms with Gasteiger partial charge in [-0.25, -0.2) is 4.98 Å². The smallest absolute Gasteiger partial charge is 0.279 e. The molecule has 4 rings (SSSR count). The molecule has 9 heteroatoms. The van der Waals surface area contributed by atoms with E-state index in [0.29, 0.717) is 28.5 Å². The molecule has 0 aliphatic carbocycles. The van der Waals surface area contributed by atoms with Crippen LogP contribution in [0.15, 0.2) is 91.4 Å². The maximum atomic E-state index is 14.0. The number of hydrogen-bond donors (Lipinski definition) is 1. The fourth-order valence-electron chi connectivity index (χ4n) is 3.98. The average molecular weight is 513 g/mol. The summed E-state index contributed by atoms with van der Waals surface area (Å²) in [6, 6.07) is 20.5. The minimum atomic E-state index is -1.06. The molecule has 194 valence electrons. The Balaban J connectivity index is 1.83. The van der Waals surface area contributed by atoms with Crippen molar-refractivity contribution in [2.75, 3.05) is 26.2 Å². The van der Waals surface area contributed by atoms with Crippen molar-refractivity contribution in [3.05, 3.63) is 108 Å². The summed E-state index contributed by atoms with van der Waals surface area (Å²) in [5.41, 5.74) is 1.99. The normalized spacial score (nSPS) is 11.2. The average Bonchev–Trinajstić information content (AvgIpc) is 2.99. The molecule has 0 saturated carbocycles. The number of hydrogen-bond acceptors (Lipinski definition) is 7. The number of benzene rings is 3. The Kier molecular flexibility index (Phi) is 8.50. The Bertz CT molecular complexity index is 1370. The van der Waals surface area contributed by atoms with Crippen LogP contribution in [0.4, 0.5) is 5.69 Å². The van der Waals surface area contributed by atoms with E-state index in [1.807, 2.05) is 30.3 Å². The van der Waals surface area contributed by atoms with E-state index < -0.39 is 11.9 Å². The van der Waals surface area contributed by atoms with Crippen LogP contribution in [0, 0.1) is 0 Å². The zero-order valence-corrected chi connectivity index (χ0v) is 21.3. The highest BCUT2D eigenvalue weighted by atomic mass is 16.5. The number of rotatable bonds is 10. The van der Waals surface area contributed by atoms with Crippen molar-refractivity contribution in [1.29, 1.82) is 0 Å². The first-order valence-corrected chi connectivity index (χ1v) is 11.8. The summed E-state index contributed by atoms with van der Waals surface area (Å²) in [6.45, 7) is 0.283. The van der Waals surface area contributed by atoms with Crippen molar-refractivity contribution in [3.8, 4) is 17.2 Å². The number of amides is 2. The summed E-state index contributed by atoms with van der Waals surface area (Å²) < 4.78 is 16.2. The van der Waals surface area contributed by atoms with Gasteiger partial charge in [-0.3, -0.25) is 19.5 Å². The lowest BCUT2D eigenvalue weighted by Crippen LogP contribution is -2.44. The highest BCUT2D eigenvalue weighted by Gasteiger charge is 2.34. The fourth-order valence-corrected chi connectivity index (χ4v) is 3.98. The number of anilines is 1. The summed E-state index contributed by atoms with van der Waals surface area (Å²) in [7, 11) is 4.59. The van der Waals surface area contributed by atoms with Crippen molar-refractivity contribution in [3.63, 3.8) is 0 Å². The van der Waals surface area contributed by atoms with E-state index in [9.17, 15) is 9.59 Å². The molecule has 0 aliphatic rings. The standard InChI is InChI=1S/C29H28N4O5/c1-36-23-12-9-21(10-13-23)27(28(34)32-18-20-7-5-4-6-8-20)33(29(35)24-19-30-15-16-31-24)22-11-14-25(37-2)26(17-22)38-3/h4-17,19,27H,18H2,1-3H3,(H,32,34). The Morgan fingerprint density at radius 3 is 2.24 bits per heavy atom. The van der Waals surface area contributed by atoms with Gasteiger partial charge < -0.3 is 19.5 Å². The Hall–Kier alpha value is -4.92. The molecule has 0 spiro atoms. The number of carbonyl (C=O) groups excluding carboxylic acids is 2. The summed E-state index contributed by atoms with van der Waals surface area (Å²) in [4.78, 5) is 37.5. The highest BCUT2D eigenvalue weighted by molar-refractivity contribution is 6.09. The van der Waals surface area contributed by atoms with Crippen LogP contribution >= 0.6 is 0 Å². The molecule has 0 fully saturated rings. The number of nitrogens with zero attached hydrogens (tertiary/aromatic N) is 3. The predicted molar refractivity (Wildman–Crippen MR) is 142 cm³/mol. The molecular formula is C29H28N4O5. The van der Waals surface area contributed by atoms with E-state index in [2.05, 4.69) is 15.3 Å². The lowest BCUT2D eigenvalue weighted by atomic mass is 10.0. The SMILES string of the molecule is COc1ccc(C(C(=O)NCc2ccccc2)N(C(=O)c2cnccn2)c2ccc(OC)c(OC)c2)cc1. The van der Waals surface area contributed by atoms with Crippen molar-refractivity contribution in [1.82, 2.24) is 15.3 Å². The summed E-state index contributed by atoms with van der Waals surface area (Å²) >= 11 is 0. The topological polar surface area (TPSA) is 103 Å². The van der Waals surface area contributed by atoms with Crippen molar-refractivity contribution >= 4 is 17.5 Å². The molecule has 38 heavy (non-hydrogen) atoms. The molecule has 1 unspecified atom stereocenters. The monoisotopic (exact) mass is 512 g/mol. The Morgan fingerprint density at radius 1 is 0.868 bits per heavy atom. The molecule has 1 heterocycles. The van der Waals surface area contributed by atoms with Gasteiger partial charge in [0, 0.05) is 30.7 Å². The number of methoxy groups -OCH3 is 3. The van der Waals surface area contributed by atoms with E-state index in [1.165, 1.54) is 37.7 Å². The lowest BCUT2D eigenvalue weighted by molar-refractivity contribution is -0.122. The maximum absolute atomic E-state index is 14.0. The van der Waals surface area contributed by atoms with Crippen LogP contribution in [0.1, 0.15) is 27.7 Å². The molecule has 4 aromatic rings. The minimum absolute atomic E-state index is 0.0802. The second-order valence-electron chi connectivity index (χ2n) is 8.18. The van der Waals surface area contributed by atoms with Crippen LogP contribution in [0.2, 0.25) is 0 Å². The molecule has 3 aromatic carbocycles. The molecule has 1 N–H and O–H groups in total. The molecule has 1 atom stereocenters. The number of aromatic nitrogens is 2. The number of ether oxygens (including phenoxy) is 3. The molecule has 2 amide bonds. The third-order valence-electron chi connectivity index (χ3n) is 5.89. The van der Waals surface area contributed by atoms with Gasteiger partial charge in [0.2, 0.25) is 5.91 Å². The Morgan fingerprint density at radius 2 is 1.61 bits per heavy atom. The third kappa shape index (κ3) is 5.89. The molecule has 0 radical (unpaired) electrons. The minimum Gasteiger partial charge on any atom is -0.497 e. The van der Waals surface area contributed by atoms with Crippen LogP contribution in [-0.4, -0.2) is 43.1 Å². The zero-order valence-electron chi connectivity index (χ0n) is 21.3. The quantitative estimate of drug-likeness (QED) is 0.340. The molecular weight excluding hydrogens is 484 g/mol. The van der Waals surface area contributed by atoms with Crippen LogP contribution < -0.4 is 24.4 Å². The number of carbonyl (C=O) groups is 2. The highest BCUT2D eigenvalue weighted by Crippen LogP contribution is 2.36. The third-order valence-corrected chi connectivity index (χ3v) is 5.89. The first-order valence-electron chi connectivity index (χ1n) is 11.8. The largest absolute Gasteiger partial charge is 0.497 e. The molecule has 0 saturated heterocycles. The molecule has 0 aliphatic heterocycles. The van der Waals surface area contributed by atoms with Gasteiger partial charge in [-0.05, 0) is 35.4 Å². The van der Waals surface area contributed by atoms with Crippen LogP contribution in [0.3, 0.4) is 0 Å². The van der Waals surface area contributed by atoms with Crippen LogP contribution in [0.25, 0.3) is 0 Å². The first kappa shape index (κ1) is 26.2. The van der Waals surface area contributed by atoms with E-state index in [1.54, 1.807) is 49.6 Å².